The zero-order chi connectivity index (χ0) is 22.3. The van der Waals surface area contributed by atoms with Crippen LogP contribution in [0.15, 0.2) is 47.4 Å². The van der Waals surface area contributed by atoms with Crippen molar-refractivity contribution in [3.8, 4) is 11.8 Å². The van der Waals surface area contributed by atoms with Crippen molar-refractivity contribution >= 4 is 39.2 Å². The Morgan fingerprint density at radius 3 is 2.43 bits per heavy atom. The van der Waals surface area contributed by atoms with Gasteiger partial charge in [0.05, 0.1) is 22.6 Å². The number of nitriles is 1. The summed E-state index contributed by atoms with van der Waals surface area (Å²) < 4.78 is 36.7. The van der Waals surface area contributed by atoms with Crippen LogP contribution in [-0.2, 0) is 24.3 Å². The average Bonchev–Trinajstić information content (AvgIpc) is 2.71. The smallest absolute Gasteiger partial charge is 0.324 e. The first-order valence-electron chi connectivity index (χ1n) is 8.49. The van der Waals surface area contributed by atoms with Gasteiger partial charge in [-0.15, -0.1) is 0 Å². The van der Waals surface area contributed by atoms with Crippen molar-refractivity contribution in [1.82, 2.24) is 4.72 Å². The molecule has 9 nitrogen and oxygen atoms in total. The number of hydrogen-bond acceptors (Lipinski definition) is 7. The third kappa shape index (κ3) is 6.18. The molecule has 0 aliphatic rings. The van der Waals surface area contributed by atoms with E-state index in [1.807, 2.05) is 6.07 Å². The fraction of sp³-hybridized carbons (Fsp3) is 0.211. The minimum absolute atomic E-state index is 0.0570. The van der Waals surface area contributed by atoms with E-state index in [4.69, 9.17) is 26.3 Å². The van der Waals surface area contributed by atoms with Crippen LogP contribution >= 0.6 is 11.6 Å². The van der Waals surface area contributed by atoms with Crippen LogP contribution in [-0.4, -0.2) is 40.1 Å². The average molecular weight is 452 g/mol. The molecule has 2 aromatic rings. The highest BCUT2D eigenvalue weighted by atomic mass is 35.5. The molecule has 0 aliphatic heterocycles. The van der Waals surface area contributed by atoms with Crippen molar-refractivity contribution in [2.75, 3.05) is 19.0 Å². The fourth-order valence-electron chi connectivity index (χ4n) is 2.25. The second-order valence-corrected chi connectivity index (χ2v) is 8.10. The van der Waals surface area contributed by atoms with Crippen molar-refractivity contribution in [2.24, 2.45) is 0 Å². The van der Waals surface area contributed by atoms with Crippen LogP contribution in [0.5, 0.6) is 5.75 Å². The molecule has 11 heteroatoms. The summed E-state index contributed by atoms with van der Waals surface area (Å²) in [5.74, 6) is -1.11. The van der Waals surface area contributed by atoms with Gasteiger partial charge < -0.3 is 14.8 Å². The molecule has 0 radical (unpaired) electrons. The summed E-state index contributed by atoms with van der Waals surface area (Å²) in [6, 6.07) is 10.5. The molecule has 0 aromatic heterocycles. The highest BCUT2D eigenvalue weighted by Crippen LogP contribution is 2.20. The zero-order valence-electron chi connectivity index (χ0n) is 16.0. The number of carbonyl (C=O) groups excluding carboxylic acids is 2. The Balaban J connectivity index is 1.89. The molecule has 0 unspecified atom stereocenters. The minimum Gasteiger partial charge on any atom is -0.497 e. The van der Waals surface area contributed by atoms with Crippen molar-refractivity contribution in [1.29, 1.82) is 5.26 Å². The number of rotatable bonds is 8. The van der Waals surface area contributed by atoms with E-state index in [-0.39, 0.29) is 15.5 Å². The van der Waals surface area contributed by atoms with E-state index in [1.54, 1.807) is 0 Å². The van der Waals surface area contributed by atoms with Crippen molar-refractivity contribution < 1.29 is 27.5 Å². The third-order valence-electron chi connectivity index (χ3n) is 3.77. The maximum Gasteiger partial charge on any atom is 0.324 e. The van der Waals surface area contributed by atoms with E-state index >= 15 is 0 Å². The molecule has 0 fully saturated rings. The number of halogens is 1. The molecular formula is C19H18ClN3O6S. The Hall–Kier alpha value is -3.13. The summed E-state index contributed by atoms with van der Waals surface area (Å²) in [5.41, 5.74) is 0.562. The number of sulfonamides is 1. The molecule has 1 atom stereocenters. The van der Waals surface area contributed by atoms with Gasteiger partial charge in [-0.25, -0.2) is 8.42 Å². The largest absolute Gasteiger partial charge is 0.497 e. The monoisotopic (exact) mass is 451 g/mol. The lowest BCUT2D eigenvalue weighted by Gasteiger charge is -2.14. The summed E-state index contributed by atoms with van der Waals surface area (Å²) in [7, 11) is -2.53. The predicted molar refractivity (Wildman–Crippen MR) is 109 cm³/mol. The molecule has 2 aromatic carbocycles. The lowest BCUT2D eigenvalue weighted by atomic mass is 10.2. The molecule has 0 saturated carbocycles. The van der Waals surface area contributed by atoms with Crippen LogP contribution in [0.2, 0.25) is 5.02 Å². The molecule has 2 N–H and O–H groups in total. The van der Waals surface area contributed by atoms with Crippen LogP contribution in [0.1, 0.15) is 12.5 Å². The zero-order valence-corrected chi connectivity index (χ0v) is 17.6. The number of esters is 1. The van der Waals surface area contributed by atoms with Crippen molar-refractivity contribution in [3.05, 3.63) is 53.1 Å². The lowest BCUT2D eigenvalue weighted by molar-refractivity contribution is -0.148. The summed E-state index contributed by atoms with van der Waals surface area (Å²) >= 11 is 5.88. The highest BCUT2D eigenvalue weighted by molar-refractivity contribution is 7.89. The number of nitrogens with one attached hydrogen (secondary N) is 2. The van der Waals surface area contributed by atoms with E-state index in [9.17, 15) is 18.0 Å². The van der Waals surface area contributed by atoms with Crippen LogP contribution < -0.4 is 14.8 Å². The van der Waals surface area contributed by atoms with Gasteiger partial charge in [-0.3, -0.25) is 9.59 Å². The molecule has 0 spiro atoms. The van der Waals surface area contributed by atoms with Gasteiger partial charge in [0.2, 0.25) is 10.0 Å². The number of ether oxygens (including phenoxy) is 2. The Bertz CT molecular complexity index is 1080. The molecule has 0 heterocycles. The quantitative estimate of drug-likeness (QED) is 0.586. The van der Waals surface area contributed by atoms with Gasteiger partial charge in [0.1, 0.15) is 17.9 Å². The Kier molecular flexibility index (Phi) is 7.77. The maximum atomic E-state index is 12.3. The first-order chi connectivity index (χ1) is 14.2. The van der Waals surface area contributed by atoms with Crippen LogP contribution in [0.3, 0.4) is 0 Å². The van der Waals surface area contributed by atoms with Gasteiger partial charge >= 0.3 is 5.97 Å². The number of hydrogen-bond donors (Lipinski definition) is 2. The van der Waals surface area contributed by atoms with Gasteiger partial charge in [0, 0.05) is 5.69 Å². The molecule has 0 saturated heterocycles. The standard InChI is InChI=1S/C19H18ClN3O6S/c1-12(23-30(26,27)16-7-5-15(28-2)6-8-16)19(25)29-11-18(24)22-14-4-3-13(10-21)17(20)9-14/h3-9,12,23H,11H2,1-2H3,(H,22,24)/t12-/m0/s1. The third-order valence-corrected chi connectivity index (χ3v) is 5.64. The topological polar surface area (TPSA) is 135 Å². The number of carbonyl (C=O) groups is 2. The van der Waals surface area contributed by atoms with E-state index < -0.39 is 34.5 Å². The Labute approximate surface area is 178 Å². The summed E-state index contributed by atoms with van der Waals surface area (Å²) in [6.45, 7) is 0.659. The van der Waals surface area contributed by atoms with Crippen LogP contribution in [0.25, 0.3) is 0 Å². The fourth-order valence-corrected chi connectivity index (χ4v) is 3.66. The van der Waals surface area contributed by atoms with Crippen molar-refractivity contribution in [3.63, 3.8) is 0 Å². The molecule has 2 rings (SSSR count). The predicted octanol–water partition coefficient (Wildman–Crippen LogP) is 2.07. The number of anilines is 1. The molecule has 158 valence electrons. The number of amides is 1. The van der Waals surface area contributed by atoms with E-state index in [2.05, 4.69) is 10.0 Å². The molecule has 0 bridgehead atoms. The second kappa shape index (κ2) is 10.1. The number of nitrogens with zero attached hydrogens (tertiary/aromatic N) is 1. The van der Waals surface area contributed by atoms with Gasteiger partial charge in [0.15, 0.2) is 6.61 Å². The number of methoxy groups -OCH3 is 1. The van der Waals surface area contributed by atoms with Gasteiger partial charge in [-0.2, -0.15) is 9.98 Å². The molecule has 0 aliphatic carbocycles. The molecule has 30 heavy (non-hydrogen) atoms. The number of benzene rings is 2. The Morgan fingerprint density at radius 1 is 1.20 bits per heavy atom. The second-order valence-electron chi connectivity index (χ2n) is 5.98. The Morgan fingerprint density at radius 2 is 1.87 bits per heavy atom. The SMILES string of the molecule is COc1ccc(S(=O)(=O)N[C@@H](C)C(=O)OCC(=O)Nc2ccc(C#N)c(Cl)c2)cc1. The first kappa shape index (κ1) is 23.2. The van der Waals surface area contributed by atoms with Crippen LogP contribution in [0, 0.1) is 11.3 Å². The molecular weight excluding hydrogens is 434 g/mol. The summed E-state index contributed by atoms with van der Waals surface area (Å²) in [4.78, 5) is 23.9. The summed E-state index contributed by atoms with van der Waals surface area (Å²) in [6.07, 6.45) is 0. The highest BCUT2D eigenvalue weighted by Gasteiger charge is 2.23. The molecule has 1 amide bonds. The van der Waals surface area contributed by atoms with Gasteiger partial charge in [0.25, 0.3) is 5.91 Å². The summed E-state index contributed by atoms with van der Waals surface area (Å²) in [5, 5.41) is 11.4. The first-order valence-corrected chi connectivity index (χ1v) is 10.3. The van der Waals surface area contributed by atoms with E-state index in [0.29, 0.717) is 11.4 Å². The van der Waals surface area contributed by atoms with E-state index in [1.165, 1.54) is 56.5 Å². The van der Waals surface area contributed by atoms with Crippen LogP contribution in [0.4, 0.5) is 5.69 Å². The van der Waals surface area contributed by atoms with E-state index in [0.717, 1.165) is 0 Å². The van der Waals surface area contributed by atoms with Crippen molar-refractivity contribution in [2.45, 2.75) is 17.9 Å². The van der Waals surface area contributed by atoms with Gasteiger partial charge in [-0.05, 0) is 49.4 Å². The lowest BCUT2D eigenvalue weighted by Crippen LogP contribution is -2.40. The minimum atomic E-state index is -3.98. The normalized spacial score (nSPS) is 11.8. The van der Waals surface area contributed by atoms with Gasteiger partial charge in [-0.1, -0.05) is 11.6 Å². The maximum absolute atomic E-state index is 12.3.